The Labute approximate surface area is 305 Å². The van der Waals surface area contributed by atoms with Gasteiger partial charge < -0.3 is 9.13 Å². The van der Waals surface area contributed by atoms with Gasteiger partial charge in [-0.2, -0.15) is 0 Å². The van der Waals surface area contributed by atoms with E-state index < -0.39 is 0 Å². The van der Waals surface area contributed by atoms with Gasteiger partial charge in [-0.05, 0) is 94.0 Å². The first kappa shape index (κ1) is 30.3. The van der Waals surface area contributed by atoms with Crippen molar-refractivity contribution in [3.8, 4) is 44.8 Å². The molecule has 10 rings (SSSR count). The lowest BCUT2D eigenvalue weighted by atomic mass is 9.93. The Morgan fingerprint density at radius 3 is 0.923 bits per heavy atom. The molecule has 0 spiro atoms. The Balaban J connectivity index is 0.974. The molecule has 0 aliphatic heterocycles. The minimum Gasteiger partial charge on any atom is -0.309 e. The van der Waals surface area contributed by atoms with Crippen LogP contribution in [0.25, 0.3) is 88.4 Å². The van der Waals surface area contributed by atoms with Gasteiger partial charge in [-0.25, -0.2) is 0 Å². The fourth-order valence-corrected chi connectivity index (χ4v) is 7.86. The van der Waals surface area contributed by atoms with Crippen molar-refractivity contribution in [2.45, 2.75) is 0 Å². The molecule has 0 saturated carbocycles. The standard InChI is InChI=1S/C48H30B2N2/c49-37-21-25-47-43(29-37)41-27-35(19-23-45(41)51(47)39-7-3-1-4-8-39)33-15-11-31(12-16-33)32-13-17-34(18-14-32)36-20-24-46-42(28-36)44-30-38(50)22-26-48(44)52(46)40-9-5-2-6-10-40/h1-30H. The molecule has 0 aliphatic rings. The Hall–Kier alpha value is -6.51. The first-order chi connectivity index (χ1) is 25.6. The predicted molar refractivity (Wildman–Crippen MR) is 222 cm³/mol. The molecular weight excluding hydrogens is 626 g/mol. The van der Waals surface area contributed by atoms with Crippen LogP contribution >= 0.6 is 0 Å². The topological polar surface area (TPSA) is 9.86 Å². The smallest absolute Gasteiger partial charge is 0.113 e. The second-order valence-electron chi connectivity index (χ2n) is 13.5. The van der Waals surface area contributed by atoms with Crippen LogP contribution in [-0.2, 0) is 0 Å². The number of benzene rings is 8. The second kappa shape index (κ2) is 12.1. The highest BCUT2D eigenvalue weighted by molar-refractivity contribution is 6.34. The van der Waals surface area contributed by atoms with E-state index in [1.807, 2.05) is 12.1 Å². The molecule has 0 atom stereocenters. The van der Waals surface area contributed by atoms with E-state index in [0.717, 1.165) is 55.1 Å². The molecule has 0 fully saturated rings. The van der Waals surface area contributed by atoms with Crippen molar-refractivity contribution in [2.24, 2.45) is 0 Å². The van der Waals surface area contributed by atoms with Crippen molar-refractivity contribution in [3.05, 3.63) is 182 Å². The zero-order chi connectivity index (χ0) is 34.8. The zero-order valence-corrected chi connectivity index (χ0v) is 28.4. The first-order valence-electron chi connectivity index (χ1n) is 17.6. The van der Waals surface area contributed by atoms with Crippen LogP contribution in [0.15, 0.2) is 182 Å². The third kappa shape index (κ3) is 4.99. The molecule has 4 heteroatoms. The van der Waals surface area contributed by atoms with Crippen LogP contribution in [0.5, 0.6) is 0 Å². The minimum absolute atomic E-state index is 0.766. The van der Waals surface area contributed by atoms with Crippen LogP contribution in [-0.4, -0.2) is 24.8 Å². The summed E-state index contributed by atoms with van der Waals surface area (Å²) in [7, 11) is 12.6. The molecule has 0 aliphatic carbocycles. The Morgan fingerprint density at radius 1 is 0.269 bits per heavy atom. The number of hydrogen-bond acceptors (Lipinski definition) is 0. The number of para-hydroxylation sites is 2. The van der Waals surface area contributed by atoms with Crippen LogP contribution < -0.4 is 10.9 Å². The van der Waals surface area contributed by atoms with Crippen molar-refractivity contribution in [3.63, 3.8) is 0 Å². The fraction of sp³-hybridized carbons (Fsp3) is 0. The highest BCUT2D eigenvalue weighted by Crippen LogP contribution is 2.37. The molecule has 0 unspecified atom stereocenters. The van der Waals surface area contributed by atoms with Crippen LogP contribution in [0.3, 0.4) is 0 Å². The third-order valence-electron chi connectivity index (χ3n) is 10.4. The molecule has 0 amide bonds. The monoisotopic (exact) mass is 656 g/mol. The predicted octanol–water partition coefficient (Wildman–Crippen LogP) is 10.5. The Kier molecular flexibility index (Phi) is 7.04. The van der Waals surface area contributed by atoms with Gasteiger partial charge in [-0.3, -0.25) is 0 Å². The average Bonchev–Trinajstić information content (AvgIpc) is 3.70. The number of fused-ring (bicyclic) bond motifs is 6. The number of aromatic nitrogens is 2. The lowest BCUT2D eigenvalue weighted by Gasteiger charge is -2.09. The van der Waals surface area contributed by atoms with Gasteiger partial charge >= 0.3 is 0 Å². The van der Waals surface area contributed by atoms with E-state index in [1.165, 1.54) is 44.2 Å². The summed E-state index contributed by atoms with van der Waals surface area (Å²) < 4.78 is 4.63. The van der Waals surface area contributed by atoms with Crippen molar-refractivity contribution in [1.82, 2.24) is 9.13 Å². The molecule has 10 aromatic rings. The maximum absolute atomic E-state index is 6.28. The summed E-state index contributed by atoms with van der Waals surface area (Å²) in [5.74, 6) is 0. The Bertz CT molecular complexity index is 2730. The van der Waals surface area contributed by atoms with Crippen LogP contribution in [0.1, 0.15) is 0 Å². The van der Waals surface area contributed by atoms with Gasteiger partial charge in [0.25, 0.3) is 0 Å². The van der Waals surface area contributed by atoms with Gasteiger partial charge in [-0.15, -0.1) is 0 Å². The number of rotatable bonds is 5. The molecule has 238 valence electrons. The first-order valence-corrected chi connectivity index (χ1v) is 17.6. The molecule has 2 heterocycles. The number of nitrogens with zero attached hydrogens (tertiary/aromatic N) is 2. The summed E-state index contributed by atoms with van der Waals surface area (Å²) >= 11 is 0. The third-order valence-corrected chi connectivity index (χ3v) is 10.4. The SMILES string of the molecule is [B]c1ccc2c(c1)c1cc(-c3ccc(-c4ccc(-c5ccc6c(c5)c5cc([B])ccc5n6-c5ccccc5)cc4)cc3)ccc1n2-c1ccccc1. The molecule has 52 heavy (non-hydrogen) atoms. The van der Waals surface area contributed by atoms with Gasteiger partial charge in [0.15, 0.2) is 0 Å². The summed E-state index contributed by atoms with van der Waals surface area (Å²) in [6.07, 6.45) is 0. The van der Waals surface area contributed by atoms with E-state index in [1.54, 1.807) is 0 Å². The van der Waals surface area contributed by atoms with Crippen LogP contribution in [0.2, 0.25) is 0 Å². The average molecular weight is 656 g/mol. The highest BCUT2D eigenvalue weighted by Gasteiger charge is 2.15. The summed E-state index contributed by atoms with van der Waals surface area (Å²) in [6.45, 7) is 0. The maximum atomic E-state index is 6.28. The van der Waals surface area contributed by atoms with Gasteiger partial charge in [-0.1, -0.05) is 132 Å². The van der Waals surface area contributed by atoms with Crippen LogP contribution in [0, 0.1) is 0 Å². The summed E-state index contributed by atoms with van der Waals surface area (Å²) in [6, 6.07) is 64.6. The zero-order valence-electron chi connectivity index (χ0n) is 28.4. The quantitative estimate of drug-likeness (QED) is 0.163. The van der Waals surface area contributed by atoms with Gasteiger partial charge in [0.1, 0.15) is 15.7 Å². The van der Waals surface area contributed by atoms with E-state index >= 15 is 0 Å². The second-order valence-corrected chi connectivity index (χ2v) is 13.5. The highest BCUT2D eigenvalue weighted by atomic mass is 15.0. The van der Waals surface area contributed by atoms with E-state index in [0.29, 0.717) is 0 Å². The molecular formula is C48H30B2N2. The summed E-state index contributed by atoms with van der Waals surface area (Å²) in [5.41, 5.74) is 15.5. The maximum Gasteiger partial charge on any atom is 0.113 e. The molecule has 2 aromatic heterocycles. The van der Waals surface area contributed by atoms with E-state index in [4.69, 9.17) is 15.7 Å². The largest absolute Gasteiger partial charge is 0.309 e. The minimum atomic E-state index is 0.766. The molecule has 2 nitrogen and oxygen atoms in total. The van der Waals surface area contributed by atoms with E-state index in [2.05, 4.69) is 179 Å². The van der Waals surface area contributed by atoms with E-state index in [9.17, 15) is 0 Å². The van der Waals surface area contributed by atoms with Crippen molar-refractivity contribution < 1.29 is 0 Å². The van der Waals surface area contributed by atoms with E-state index in [-0.39, 0.29) is 0 Å². The van der Waals surface area contributed by atoms with Crippen molar-refractivity contribution >= 4 is 70.2 Å². The summed E-state index contributed by atoms with van der Waals surface area (Å²) in [5, 5.41) is 4.69. The van der Waals surface area contributed by atoms with Gasteiger partial charge in [0, 0.05) is 32.9 Å². The van der Waals surface area contributed by atoms with Crippen molar-refractivity contribution in [2.75, 3.05) is 0 Å². The molecule has 8 aromatic carbocycles. The molecule has 0 saturated heterocycles. The van der Waals surface area contributed by atoms with Gasteiger partial charge in [0.2, 0.25) is 0 Å². The van der Waals surface area contributed by atoms with Crippen molar-refractivity contribution in [1.29, 1.82) is 0 Å². The van der Waals surface area contributed by atoms with Gasteiger partial charge in [0.05, 0.1) is 22.1 Å². The Morgan fingerprint density at radius 2 is 0.558 bits per heavy atom. The molecule has 0 bridgehead atoms. The summed E-state index contributed by atoms with van der Waals surface area (Å²) in [4.78, 5) is 0. The van der Waals surface area contributed by atoms with Crippen LogP contribution in [0.4, 0.5) is 0 Å². The molecule has 4 radical (unpaired) electrons. The lowest BCUT2D eigenvalue weighted by molar-refractivity contribution is 1.18. The molecule has 0 N–H and O–H groups in total. The number of hydrogen-bond donors (Lipinski definition) is 0. The lowest BCUT2D eigenvalue weighted by Crippen LogP contribution is -2.00. The normalized spacial score (nSPS) is 11.6. The fourth-order valence-electron chi connectivity index (χ4n) is 7.86.